The first-order valence-corrected chi connectivity index (χ1v) is 8.78. The zero-order valence-corrected chi connectivity index (χ0v) is 15.3. The van der Waals surface area contributed by atoms with Crippen LogP contribution in [0.25, 0.3) is 5.57 Å². The van der Waals surface area contributed by atoms with Crippen molar-refractivity contribution in [2.24, 2.45) is 0 Å². The van der Waals surface area contributed by atoms with Crippen LogP contribution in [0.2, 0.25) is 0 Å². The monoisotopic (exact) mass is 390 g/mol. The summed E-state index contributed by atoms with van der Waals surface area (Å²) in [6, 6.07) is 6.89. The summed E-state index contributed by atoms with van der Waals surface area (Å²) in [6.07, 6.45) is 0.721. The molecule has 1 atom stereocenters. The maximum absolute atomic E-state index is 14.0. The van der Waals surface area contributed by atoms with E-state index in [1.165, 1.54) is 6.07 Å². The number of allylic oxidation sites excluding steroid dienone is 1. The van der Waals surface area contributed by atoms with Gasteiger partial charge < -0.3 is 10.3 Å². The second-order valence-electron chi connectivity index (χ2n) is 6.92. The minimum atomic E-state index is -4.71. The predicted octanol–water partition coefficient (Wildman–Crippen LogP) is 4.46. The number of aromatic nitrogens is 1. The van der Waals surface area contributed by atoms with Gasteiger partial charge in [0, 0.05) is 42.1 Å². The van der Waals surface area contributed by atoms with E-state index in [-0.39, 0.29) is 6.04 Å². The zero-order valence-electron chi connectivity index (χ0n) is 15.3. The summed E-state index contributed by atoms with van der Waals surface area (Å²) in [5.74, 6) is -1.27. The molecule has 3 heterocycles. The predicted molar refractivity (Wildman–Crippen MR) is 98.2 cm³/mol. The van der Waals surface area contributed by atoms with Gasteiger partial charge in [-0.15, -0.1) is 0 Å². The third kappa shape index (κ3) is 3.19. The summed E-state index contributed by atoms with van der Waals surface area (Å²) in [5.41, 5.74) is 6.00. The van der Waals surface area contributed by atoms with Crippen LogP contribution >= 0.6 is 0 Å². The van der Waals surface area contributed by atoms with Gasteiger partial charge >= 0.3 is 6.18 Å². The number of nitrogens with zero attached hydrogens (tertiary/aromatic N) is 3. The lowest BCUT2D eigenvalue weighted by Gasteiger charge is -2.38. The number of halogens is 4. The summed E-state index contributed by atoms with van der Waals surface area (Å²) >= 11 is 0. The summed E-state index contributed by atoms with van der Waals surface area (Å²) in [4.78, 5) is 5.98. The van der Waals surface area contributed by atoms with Crippen molar-refractivity contribution in [2.75, 3.05) is 11.4 Å². The van der Waals surface area contributed by atoms with Gasteiger partial charge in [0.1, 0.15) is 5.82 Å². The Labute approximate surface area is 159 Å². The highest BCUT2D eigenvalue weighted by molar-refractivity contribution is 5.81. The number of nitrogens with one attached hydrogen (secondary N) is 1. The summed E-state index contributed by atoms with van der Waals surface area (Å²) in [7, 11) is 0. The fraction of sp³-hybridized carbons (Fsp3) is 0.250. The van der Waals surface area contributed by atoms with Gasteiger partial charge in [-0.25, -0.2) is 4.39 Å². The van der Waals surface area contributed by atoms with E-state index < -0.39 is 17.6 Å². The van der Waals surface area contributed by atoms with Crippen LogP contribution in [0.3, 0.4) is 0 Å². The van der Waals surface area contributed by atoms with E-state index in [1.54, 1.807) is 11.1 Å². The van der Waals surface area contributed by atoms with Crippen molar-refractivity contribution in [2.45, 2.75) is 26.1 Å². The van der Waals surface area contributed by atoms with Crippen LogP contribution in [0.1, 0.15) is 23.7 Å². The third-order valence-corrected chi connectivity index (χ3v) is 4.86. The van der Waals surface area contributed by atoms with Gasteiger partial charge in [-0.3, -0.25) is 9.99 Å². The van der Waals surface area contributed by atoms with Crippen LogP contribution in [0, 0.1) is 12.7 Å². The fourth-order valence-corrected chi connectivity index (χ4v) is 3.51. The number of aryl methyl sites for hydroxylation is 1. The zero-order chi connectivity index (χ0) is 20.1. The van der Waals surface area contributed by atoms with Crippen LogP contribution in [-0.4, -0.2) is 22.6 Å². The standard InChI is InChI=1S/C20H18F4N4/c1-12-7-14(5-6-25-12)16-9-26-28-13(2)10-27(11-19(16)28)15-3-4-17(18(21)8-15)20(22,23)24/h3-9,11,13,26H,10H2,1-2H3/t13-/m0/s1. The molecule has 0 bridgehead atoms. The van der Waals surface area contributed by atoms with Crippen molar-refractivity contribution < 1.29 is 17.6 Å². The number of hydrazine groups is 1. The Morgan fingerprint density at radius 1 is 1.18 bits per heavy atom. The van der Waals surface area contributed by atoms with Crippen molar-refractivity contribution in [3.8, 4) is 0 Å². The molecule has 0 aliphatic carbocycles. The number of rotatable bonds is 2. The van der Waals surface area contributed by atoms with Gasteiger partial charge in [-0.05, 0) is 49.7 Å². The van der Waals surface area contributed by atoms with Crippen molar-refractivity contribution in [3.63, 3.8) is 0 Å². The lowest BCUT2D eigenvalue weighted by Crippen LogP contribution is -2.47. The maximum atomic E-state index is 14.0. The van der Waals surface area contributed by atoms with Crippen LogP contribution < -0.4 is 10.3 Å². The summed E-state index contributed by atoms with van der Waals surface area (Å²) in [5, 5.41) is 1.99. The number of pyridine rings is 1. The second-order valence-corrected chi connectivity index (χ2v) is 6.92. The molecule has 28 heavy (non-hydrogen) atoms. The largest absolute Gasteiger partial charge is 0.419 e. The first-order chi connectivity index (χ1) is 13.2. The molecule has 4 nitrogen and oxygen atoms in total. The molecule has 0 spiro atoms. The second kappa shape index (κ2) is 6.54. The quantitative estimate of drug-likeness (QED) is 0.768. The fourth-order valence-electron chi connectivity index (χ4n) is 3.51. The van der Waals surface area contributed by atoms with Crippen molar-refractivity contribution in [3.05, 3.63) is 77.3 Å². The van der Waals surface area contributed by atoms with Crippen LogP contribution in [0.15, 0.2) is 54.6 Å². The molecule has 8 heteroatoms. The Kier molecular flexibility index (Phi) is 4.28. The van der Waals surface area contributed by atoms with Gasteiger partial charge in [0.25, 0.3) is 0 Å². The number of anilines is 1. The highest BCUT2D eigenvalue weighted by atomic mass is 19.4. The molecular weight excluding hydrogens is 372 g/mol. The first-order valence-electron chi connectivity index (χ1n) is 8.78. The molecule has 0 unspecified atom stereocenters. The van der Waals surface area contributed by atoms with Gasteiger partial charge in [0.05, 0.1) is 17.3 Å². The Bertz CT molecular complexity index is 980. The van der Waals surface area contributed by atoms with E-state index in [0.717, 1.165) is 34.7 Å². The van der Waals surface area contributed by atoms with Gasteiger partial charge in [-0.1, -0.05) is 0 Å². The third-order valence-electron chi connectivity index (χ3n) is 4.86. The molecule has 1 aromatic heterocycles. The molecule has 2 aromatic rings. The Morgan fingerprint density at radius 3 is 2.64 bits per heavy atom. The van der Waals surface area contributed by atoms with Crippen molar-refractivity contribution in [1.29, 1.82) is 0 Å². The smallest absolute Gasteiger partial charge is 0.344 e. The molecule has 0 fully saturated rings. The molecule has 0 amide bonds. The Hall–Kier alpha value is -3.03. The van der Waals surface area contributed by atoms with Gasteiger partial charge in [-0.2, -0.15) is 13.2 Å². The van der Waals surface area contributed by atoms with Gasteiger partial charge in [0.2, 0.25) is 0 Å². The van der Waals surface area contributed by atoms with E-state index >= 15 is 0 Å². The lowest BCUT2D eigenvalue weighted by molar-refractivity contribution is -0.139. The number of hydrogen-bond acceptors (Lipinski definition) is 4. The van der Waals surface area contributed by atoms with E-state index in [2.05, 4.69) is 10.4 Å². The molecule has 1 aromatic carbocycles. The molecule has 146 valence electrons. The molecule has 2 aliphatic heterocycles. The van der Waals surface area contributed by atoms with E-state index in [1.807, 2.05) is 43.4 Å². The molecule has 2 aliphatic rings. The SMILES string of the molecule is Cc1cc(C2=CNN3C2=CN(c2ccc(C(F)(F)F)c(F)c2)C[C@@H]3C)ccn1. The Balaban J connectivity index is 1.71. The van der Waals surface area contributed by atoms with Crippen molar-refractivity contribution >= 4 is 11.3 Å². The van der Waals surface area contributed by atoms with E-state index in [9.17, 15) is 17.6 Å². The average molecular weight is 390 g/mol. The molecule has 0 saturated heterocycles. The number of alkyl halides is 3. The van der Waals surface area contributed by atoms with Crippen LogP contribution in [0.5, 0.6) is 0 Å². The normalized spacial score (nSPS) is 19.1. The highest BCUT2D eigenvalue weighted by Gasteiger charge is 2.35. The number of fused-ring (bicyclic) bond motifs is 1. The topological polar surface area (TPSA) is 31.4 Å². The van der Waals surface area contributed by atoms with Crippen LogP contribution in [-0.2, 0) is 6.18 Å². The number of hydrogen-bond donors (Lipinski definition) is 1. The summed E-state index contributed by atoms with van der Waals surface area (Å²) in [6.45, 7) is 4.39. The lowest BCUT2D eigenvalue weighted by atomic mass is 10.0. The molecular formula is C20H18F4N4. The van der Waals surface area contributed by atoms with Crippen LogP contribution in [0.4, 0.5) is 23.2 Å². The van der Waals surface area contributed by atoms with E-state index in [0.29, 0.717) is 12.2 Å². The summed E-state index contributed by atoms with van der Waals surface area (Å²) < 4.78 is 52.6. The maximum Gasteiger partial charge on any atom is 0.419 e. The highest BCUT2D eigenvalue weighted by Crippen LogP contribution is 2.37. The molecule has 0 radical (unpaired) electrons. The van der Waals surface area contributed by atoms with Gasteiger partial charge in [0.15, 0.2) is 0 Å². The van der Waals surface area contributed by atoms with Crippen molar-refractivity contribution in [1.82, 2.24) is 15.4 Å². The molecule has 0 saturated carbocycles. The minimum Gasteiger partial charge on any atom is -0.344 e. The molecule has 1 N–H and O–H groups in total. The Morgan fingerprint density at radius 2 is 1.96 bits per heavy atom. The molecule has 4 rings (SSSR count). The minimum absolute atomic E-state index is 0.0158. The van der Waals surface area contributed by atoms with E-state index in [4.69, 9.17) is 0 Å². The average Bonchev–Trinajstić information content (AvgIpc) is 3.05. The first kappa shape index (κ1) is 18.3. The number of benzene rings is 1.